The summed E-state index contributed by atoms with van der Waals surface area (Å²) in [4.78, 5) is 24.9. The Morgan fingerprint density at radius 2 is 2.04 bits per heavy atom. The van der Waals surface area contributed by atoms with Crippen molar-refractivity contribution in [3.63, 3.8) is 0 Å². The average Bonchev–Trinajstić information content (AvgIpc) is 3.33. The van der Waals surface area contributed by atoms with Crippen LogP contribution in [0.3, 0.4) is 0 Å². The molecule has 1 amide bonds. The fourth-order valence-corrected chi connectivity index (χ4v) is 3.67. The van der Waals surface area contributed by atoms with E-state index in [1.54, 1.807) is 12.1 Å². The summed E-state index contributed by atoms with van der Waals surface area (Å²) in [7, 11) is 0. The number of carbonyl (C=O) groups excluding carboxylic acids is 1. The Morgan fingerprint density at radius 1 is 1.18 bits per heavy atom. The molecule has 0 bridgehead atoms. The first kappa shape index (κ1) is 17.1. The van der Waals surface area contributed by atoms with E-state index < -0.39 is 0 Å². The maximum absolute atomic E-state index is 12.6. The van der Waals surface area contributed by atoms with E-state index in [0.29, 0.717) is 30.4 Å². The minimum Gasteiger partial charge on any atom is -0.377 e. The molecule has 3 heterocycles. The van der Waals surface area contributed by atoms with Crippen LogP contribution in [0.2, 0.25) is 0 Å². The van der Waals surface area contributed by atoms with Crippen molar-refractivity contribution in [3.8, 4) is 0 Å². The average molecular weight is 380 g/mol. The van der Waals surface area contributed by atoms with Crippen LogP contribution >= 0.6 is 0 Å². The van der Waals surface area contributed by atoms with Crippen LogP contribution < -0.4 is 10.9 Å². The van der Waals surface area contributed by atoms with Crippen LogP contribution in [0.4, 0.5) is 0 Å². The van der Waals surface area contributed by atoms with E-state index in [1.165, 1.54) is 4.68 Å². The number of ether oxygens (including phenoxy) is 1. The van der Waals surface area contributed by atoms with Crippen molar-refractivity contribution in [1.29, 1.82) is 0 Å². The van der Waals surface area contributed by atoms with Crippen LogP contribution in [-0.4, -0.2) is 40.1 Å². The van der Waals surface area contributed by atoms with Crippen molar-refractivity contribution >= 4 is 16.9 Å². The van der Waals surface area contributed by atoms with Crippen LogP contribution in [0.15, 0.2) is 45.7 Å². The molecule has 0 spiro atoms. The van der Waals surface area contributed by atoms with Gasteiger partial charge in [0.1, 0.15) is 11.7 Å². The van der Waals surface area contributed by atoms with Gasteiger partial charge < -0.3 is 14.6 Å². The first-order chi connectivity index (χ1) is 13.7. The van der Waals surface area contributed by atoms with Crippen LogP contribution in [0.5, 0.6) is 0 Å². The maximum Gasteiger partial charge on any atom is 0.267 e. The summed E-state index contributed by atoms with van der Waals surface area (Å²) >= 11 is 0. The van der Waals surface area contributed by atoms with Gasteiger partial charge in [0.2, 0.25) is 5.91 Å². The molecule has 8 nitrogen and oxygen atoms in total. The smallest absolute Gasteiger partial charge is 0.267 e. The Labute approximate surface area is 160 Å². The summed E-state index contributed by atoms with van der Waals surface area (Å²) in [6, 6.07) is 10.2. The number of amides is 1. The van der Waals surface area contributed by atoms with Crippen molar-refractivity contribution in [1.82, 2.24) is 20.3 Å². The van der Waals surface area contributed by atoms with Crippen molar-refractivity contribution in [2.24, 2.45) is 0 Å². The molecule has 1 N–H and O–H groups in total. The van der Waals surface area contributed by atoms with Gasteiger partial charge in [-0.2, -0.15) is 5.10 Å². The summed E-state index contributed by atoms with van der Waals surface area (Å²) in [5.74, 6) is 0.258. The third-order valence-electron chi connectivity index (χ3n) is 5.33. The van der Waals surface area contributed by atoms with Crippen LogP contribution in [-0.2, 0) is 16.0 Å². The Bertz CT molecular complexity index is 1080. The molecule has 2 aliphatic rings. The number of hydrogen-bond acceptors (Lipinski definition) is 6. The monoisotopic (exact) mass is 380 g/mol. The summed E-state index contributed by atoms with van der Waals surface area (Å²) < 4.78 is 12.3. The predicted octanol–water partition coefficient (Wildman–Crippen LogP) is 1.56. The lowest BCUT2D eigenvalue weighted by Gasteiger charge is -2.20. The zero-order valence-corrected chi connectivity index (χ0v) is 15.2. The summed E-state index contributed by atoms with van der Waals surface area (Å²) in [6.45, 7) is 0.691. The molecule has 2 atom stereocenters. The standard InChI is InChI=1S/C20H20N4O4/c25-19(9-15-13-3-1-2-4-18(13)28-23-15)21-16-10-27-11-17(16)24-20(26)8-7-14(22-24)12-5-6-12/h1-4,7-8,12,16-17H,5-6,9-11H2,(H,21,25). The minimum absolute atomic E-state index is 0.102. The van der Waals surface area contributed by atoms with E-state index in [9.17, 15) is 9.59 Å². The number of fused-ring (bicyclic) bond motifs is 1. The summed E-state index contributed by atoms with van der Waals surface area (Å²) in [5.41, 5.74) is 2.00. The highest BCUT2D eigenvalue weighted by Crippen LogP contribution is 2.38. The van der Waals surface area contributed by atoms with Crippen LogP contribution in [0, 0.1) is 0 Å². The normalized spacial score (nSPS) is 21.9. The van der Waals surface area contributed by atoms with Gasteiger partial charge in [-0.3, -0.25) is 9.59 Å². The molecule has 1 aliphatic carbocycles. The molecule has 1 aliphatic heterocycles. The Balaban J connectivity index is 1.32. The molecule has 1 saturated carbocycles. The Kier molecular flexibility index (Phi) is 4.20. The van der Waals surface area contributed by atoms with Crippen molar-refractivity contribution in [3.05, 3.63) is 58.1 Å². The fraction of sp³-hybridized carbons (Fsp3) is 0.400. The van der Waals surface area contributed by atoms with E-state index in [4.69, 9.17) is 9.26 Å². The van der Waals surface area contributed by atoms with E-state index in [2.05, 4.69) is 15.6 Å². The van der Waals surface area contributed by atoms with Gasteiger partial charge in [0.05, 0.1) is 31.4 Å². The van der Waals surface area contributed by atoms with E-state index in [1.807, 2.05) is 24.3 Å². The highest BCUT2D eigenvalue weighted by Gasteiger charge is 2.34. The SMILES string of the molecule is O=C(Cc1noc2ccccc12)NC1COCC1n1nc(C2CC2)ccc1=O. The molecule has 1 aromatic carbocycles. The van der Waals surface area contributed by atoms with Gasteiger partial charge in [0, 0.05) is 17.4 Å². The van der Waals surface area contributed by atoms with Crippen molar-refractivity contribution in [2.45, 2.75) is 37.3 Å². The molecule has 5 rings (SSSR count). The molecular weight excluding hydrogens is 360 g/mol. The lowest BCUT2D eigenvalue weighted by molar-refractivity contribution is -0.121. The van der Waals surface area contributed by atoms with Crippen LogP contribution in [0.1, 0.15) is 36.2 Å². The molecular formula is C20H20N4O4. The molecule has 144 valence electrons. The second kappa shape index (κ2) is 6.87. The highest BCUT2D eigenvalue weighted by atomic mass is 16.5. The minimum atomic E-state index is -0.316. The maximum atomic E-state index is 12.6. The number of carbonyl (C=O) groups is 1. The van der Waals surface area contributed by atoms with Gasteiger partial charge >= 0.3 is 0 Å². The van der Waals surface area contributed by atoms with Gasteiger partial charge in [-0.1, -0.05) is 17.3 Å². The second-order valence-electron chi connectivity index (χ2n) is 7.40. The highest BCUT2D eigenvalue weighted by molar-refractivity contribution is 5.86. The molecule has 0 radical (unpaired) electrons. The number of benzene rings is 1. The van der Waals surface area contributed by atoms with Crippen molar-refractivity contribution < 1.29 is 14.1 Å². The number of aromatic nitrogens is 3. The van der Waals surface area contributed by atoms with E-state index in [-0.39, 0.29) is 30.0 Å². The van der Waals surface area contributed by atoms with E-state index >= 15 is 0 Å². The van der Waals surface area contributed by atoms with E-state index in [0.717, 1.165) is 23.9 Å². The number of nitrogens with one attached hydrogen (secondary N) is 1. The fourth-order valence-electron chi connectivity index (χ4n) is 3.67. The number of rotatable bonds is 5. The molecule has 3 aromatic rings. The molecule has 28 heavy (non-hydrogen) atoms. The summed E-state index contributed by atoms with van der Waals surface area (Å²) in [5, 5.41) is 12.3. The Morgan fingerprint density at radius 3 is 2.89 bits per heavy atom. The van der Waals surface area contributed by atoms with Gasteiger partial charge in [-0.25, -0.2) is 4.68 Å². The molecule has 2 aromatic heterocycles. The van der Waals surface area contributed by atoms with Gasteiger partial charge in [-0.05, 0) is 31.0 Å². The second-order valence-corrected chi connectivity index (χ2v) is 7.40. The lowest BCUT2D eigenvalue weighted by Crippen LogP contribution is -2.44. The Hall–Kier alpha value is -3.00. The zero-order valence-electron chi connectivity index (χ0n) is 15.2. The first-order valence-corrected chi connectivity index (χ1v) is 9.49. The largest absolute Gasteiger partial charge is 0.377 e. The molecule has 1 saturated heterocycles. The predicted molar refractivity (Wildman–Crippen MR) is 100.0 cm³/mol. The van der Waals surface area contributed by atoms with Gasteiger partial charge in [0.15, 0.2) is 5.58 Å². The van der Waals surface area contributed by atoms with Gasteiger partial charge in [0.25, 0.3) is 5.56 Å². The molecule has 2 unspecified atom stereocenters. The van der Waals surface area contributed by atoms with Crippen LogP contribution in [0.25, 0.3) is 11.0 Å². The zero-order chi connectivity index (χ0) is 19.1. The molecule has 2 fully saturated rings. The number of para-hydroxylation sites is 1. The third-order valence-corrected chi connectivity index (χ3v) is 5.33. The van der Waals surface area contributed by atoms with Crippen molar-refractivity contribution in [2.75, 3.05) is 13.2 Å². The topological polar surface area (TPSA) is 99.2 Å². The van der Waals surface area contributed by atoms with Gasteiger partial charge in [-0.15, -0.1) is 0 Å². The summed E-state index contributed by atoms with van der Waals surface area (Å²) in [6.07, 6.45) is 2.32. The quantitative estimate of drug-likeness (QED) is 0.721. The molecule has 8 heteroatoms. The number of nitrogens with zero attached hydrogens (tertiary/aromatic N) is 3. The lowest BCUT2D eigenvalue weighted by atomic mass is 10.1. The third kappa shape index (κ3) is 3.20. The first-order valence-electron chi connectivity index (χ1n) is 9.49. The number of hydrogen-bond donors (Lipinski definition) is 1.